The highest BCUT2D eigenvalue weighted by atomic mass is 32.1. The molecule has 0 fully saturated rings. The number of nitrogens with zero attached hydrogens (tertiary/aromatic N) is 2. The zero-order valence-electron chi connectivity index (χ0n) is 7.69. The van der Waals surface area contributed by atoms with E-state index in [4.69, 9.17) is 5.11 Å². The van der Waals surface area contributed by atoms with Crippen LogP contribution >= 0.6 is 12.2 Å². The number of aromatic nitrogens is 1. The summed E-state index contributed by atoms with van der Waals surface area (Å²) < 4.78 is 0. The van der Waals surface area contributed by atoms with Gasteiger partial charge in [-0.25, -0.2) is 4.99 Å². The monoisotopic (exact) mass is 210 g/mol. The van der Waals surface area contributed by atoms with Gasteiger partial charge in [-0.2, -0.15) is 0 Å². The lowest BCUT2D eigenvalue weighted by molar-refractivity contribution is 0.273. The minimum absolute atomic E-state index is 0.0181. The van der Waals surface area contributed by atoms with Crippen LogP contribution in [0.25, 0.3) is 0 Å². The average molecular weight is 210 g/mol. The first kappa shape index (κ1) is 10.8. The van der Waals surface area contributed by atoms with Crippen molar-refractivity contribution >= 4 is 17.4 Å². The molecule has 0 amide bonds. The molecule has 74 valence electrons. The molecule has 0 saturated heterocycles. The molecule has 0 atom stereocenters. The van der Waals surface area contributed by atoms with Gasteiger partial charge in [0.1, 0.15) is 5.75 Å². The van der Waals surface area contributed by atoms with E-state index < -0.39 is 0 Å². The Morgan fingerprint density at radius 3 is 2.93 bits per heavy atom. The van der Waals surface area contributed by atoms with Crippen molar-refractivity contribution in [1.82, 2.24) is 4.98 Å². The number of hydrogen-bond donors (Lipinski definition) is 2. The molecule has 0 aromatic carbocycles. The molecule has 4 nitrogen and oxygen atoms in total. The van der Waals surface area contributed by atoms with Gasteiger partial charge < -0.3 is 10.2 Å². The quantitative estimate of drug-likeness (QED) is 0.581. The third kappa shape index (κ3) is 2.14. The third-order valence-corrected chi connectivity index (χ3v) is 2.03. The highest BCUT2D eigenvalue weighted by Gasteiger charge is 2.09. The molecule has 0 aliphatic heterocycles. The Morgan fingerprint density at radius 1 is 1.64 bits per heavy atom. The van der Waals surface area contributed by atoms with Gasteiger partial charge in [-0.15, -0.1) is 0 Å². The van der Waals surface area contributed by atoms with Crippen LogP contribution in [0.1, 0.15) is 16.8 Å². The van der Waals surface area contributed by atoms with Crippen molar-refractivity contribution in [2.75, 3.05) is 0 Å². The van der Waals surface area contributed by atoms with Gasteiger partial charge in [0.25, 0.3) is 0 Å². The number of isothiocyanates is 1. The van der Waals surface area contributed by atoms with Crippen LogP contribution in [-0.4, -0.2) is 20.4 Å². The SMILES string of the molecule is Cc1ncc(CN=C=S)c(CO)c1O. The first-order chi connectivity index (χ1) is 6.70. The second-order valence-corrected chi connectivity index (χ2v) is 2.94. The molecule has 0 unspecified atom stereocenters. The number of rotatable bonds is 3. The molecule has 0 saturated carbocycles. The van der Waals surface area contributed by atoms with Crippen LogP contribution in [-0.2, 0) is 13.2 Å². The van der Waals surface area contributed by atoms with Gasteiger partial charge >= 0.3 is 0 Å². The van der Waals surface area contributed by atoms with E-state index in [9.17, 15) is 5.11 Å². The van der Waals surface area contributed by atoms with Crippen molar-refractivity contribution in [3.05, 3.63) is 23.0 Å². The summed E-state index contributed by atoms with van der Waals surface area (Å²) in [6.07, 6.45) is 1.57. The summed E-state index contributed by atoms with van der Waals surface area (Å²) in [4.78, 5) is 7.68. The molecule has 0 aliphatic carbocycles. The predicted molar refractivity (Wildman–Crippen MR) is 55.3 cm³/mol. The summed E-state index contributed by atoms with van der Waals surface area (Å²) in [5, 5.41) is 20.8. The molecule has 1 heterocycles. The van der Waals surface area contributed by atoms with Gasteiger partial charge in [-0.05, 0) is 19.1 Å². The van der Waals surface area contributed by atoms with Gasteiger partial charge in [-0.1, -0.05) is 0 Å². The Balaban J connectivity index is 3.16. The van der Waals surface area contributed by atoms with Gasteiger partial charge in [-0.3, -0.25) is 4.98 Å². The molecular formula is C9H10N2O2S. The van der Waals surface area contributed by atoms with Crippen molar-refractivity contribution in [2.45, 2.75) is 20.1 Å². The molecule has 0 radical (unpaired) electrons. The van der Waals surface area contributed by atoms with Crippen LogP contribution in [0.2, 0.25) is 0 Å². The summed E-state index contributed by atoms with van der Waals surface area (Å²) in [6, 6.07) is 0. The number of aliphatic imine (C=N–C) groups is 1. The standard InChI is InChI=1S/C9H10N2O2S/c1-6-9(13)8(4-12)7(3-11-6)2-10-5-14/h3,12-13H,2,4H2,1H3. The third-order valence-electron chi connectivity index (χ3n) is 1.90. The second-order valence-electron chi connectivity index (χ2n) is 2.76. The lowest BCUT2D eigenvalue weighted by Gasteiger charge is -2.08. The molecule has 0 spiro atoms. The van der Waals surface area contributed by atoms with Crippen LogP contribution in [0.3, 0.4) is 0 Å². The van der Waals surface area contributed by atoms with E-state index in [1.54, 1.807) is 13.1 Å². The molecule has 1 rings (SSSR count). The van der Waals surface area contributed by atoms with Crippen molar-refractivity contribution in [2.24, 2.45) is 4.99 Å². The highest BCUT2D eigenvalue weighted by molar-refractivity contribution is 7.78. The minimum atomic E-state index is -0.239. The van der Waals surface area contributed by atoms with E-state index in [-0.39, 0.29) is 18.9 Å². The fourth-order valence-electron chi connectivity index (χ4n) is 1.11. The number of aromatic hydroxyl groups is 1. The molecule has 0 aliphatic rings. The Hall–Kier alpha value is -1.29. The number of aryl methyl sites for hydroxylation is 1. The molecule has 1 aromatic heterocycles. The van der Waals surface area contributed by atoms with E-state index in [1.807, 2.05) is 0 Å². The van der Waals surface area contributed by atoms with Crippen molar-refractivity contribution in [1.29, 1.82) is 0 Å². The second kappa shape index (κ2) is 4.81. The fraction of sp³-hybridized carbons (Fsp3) is 0.333. The zero-order valence-corrected chi connectivity index (χ0v) is 8.51. The zero-order chi connectivity index (χ0) is 10.6. The van der Waals surface area contributed by atoms with Crippen LogP contribution in [0.4, 0.5) is 0 Å². The molecule has 1 aromatic rings. The average Bonchev–Trinajstić information content (AvgIpc) is 2.20. The Bertz CT molecular complexity index is 387. The van der Waals surface area contributed by atoms with Gasteiger partial charge in [0.15, 0.2) is 0 Å². The maximum absolute atomic E-state index is 9.57. The van der Waals surface area contributed by atoms with Gasteiger partial charge in [0.2, 0.25) is 0 Å². The van der Waals surface area contributed by atoms with E-state index in [0.29, 0.717) is 16.8 Å². The maximum atomic E-state index is 9.57. The largest absolute Gasteiger partial charge is 0.506 e. The molecule has 0 bridgehead atoms. The van der Waals surface area contributed by atoms with E-state index in [1.165, 1.54) is 0 Å². The topological polar surface area (TPSA) is 65.7 Å². The first-order valence-electron chi connectivity index (χ1n) is 4.01. The number of aliphatic hydroxyl groups is 1. The van der Waals surface area contributed by atoms with E-state index >= 15 is 0 Å². The lowest BCUT2D eigenvalue weighted by Crippen LogP contribution is -1.97. The van der Waals surface area contributed by atoms with Crippen molar-refractivity contribution in [3.63, 3.8) is 0 Å². The molecule has 5 heteroatoms. The Kier molecular flexibility index (Phi) is 3.71. The number of pyridine rings is 1. The number of hydrogen-bond acceptors (Lipinski definition) is 5. The highest BCUT2D eigenvalue weighted by Crippen LogP contribution is 2.23. The van der Waals surface area contributed by atoms with Crippen LogP contribution in [0.5, 0.6) is 5.75 Å². The molecular weight excluding hydrogens is 200 g/mol. The normalized spacial score (nSPS) is 9.57. The van der Waals surface area contributed by atoms with Gasteiger partial charge in [0, 0.05) is 17.3 Å². The van der Waals surface area contributed by atoms with Gasteiger partial charge in [0.05, 0.1) is 24.0 Å². The smallest absolute Gasteiger partial charge is 0.142 e. The van der Waals surface area contributed by atoms with E-state index in [2.05, 4.69) is 27.4 Å². The van der Waals surface area contributed by atoms with Crippen molar-refractivity contribution < 1.29 is 10.2 Å². The molecule has 2 N–H and O–H groups in total. The van der Waals surface area contributed by atoms with Crippen LogP contribution in [0, 0.1) is 6.92 Å². The summed E-state index contributed by atoms with van der Waals surface area (Å²) in [7, 11) is 0. The summed E-state index contributed by atoms with van der Waals surface area (Å²) in [6.45, 7) is 1.71. The summed E-state index contributed by atoms with van der Waals surface area (Å²) in [5.74, 6) is 0.0181. The van der Waals surface area contributed by atoms with Crippen molar-refractivity contribution in [3.8, 4) is 5.75 Å². The van der Waals surface area contributed by atoms with Crippen LogP contribution < -0.4 is 0 Å². The fourth-order valence-corrected chi connectivity index (χ4v) is 1.18. The van der Waals surface area contributed by atoms with Crippen LogP contribution in [0.15, 0.2) is 11.2 Å². The maximum Gasteiger partial charge on any atom is 0.142 e. The number of thiocarbonyl (C=S) groups is 1. The lowest BCUT2D eigenvalue weighted by atomic mass is 10.1. The Labute approximate surface area is 87.0 Å². The summed E-state index contributed by atoms with van der Waals surface area (Å²) >= 11 is 4.43. The summed E-state index contributed by atoms with van der Waals surface area (Å²) in [5.41, 5.74) is 1.60. The molecule has 14 heavy (non-hydrogen) atoms. The Morgan fingerprint density at radius 2 is 2.36 bits per heavy atom. The minimum Gasteiger partial charge on any atom is -0.506 e. The predicted octanol–water partition coefficient (Wildman–Crippen LogP) is 1.19. The number of aliphatic hydroxyl groups excluding tert-OH is 1. The first-order valence-corrected chi connectivity index (χ1v) is 4.42. The van der Waals surface area contributed by atoms with E-state index in [0.717, 1.165) is 0 Å².